The summed E-state index contributed by atoms with van der Waals surface area (Å²) in [7, 11) is 0. The summed E-state index contributed by atoms with van der Waals surface area (Å²) in [5.41, 5.74) is 1.11. The van der Waals surface area contributed by atoms with Gasteiger partial charge in [0.05, 0.1) is 0 Å². The Morgan fingerprint density at radius 1 is 1.13 bits per heavy atom. The van der Waals surface area contributed by atoms with Gasteiger partial charge in [-0.3, -0.25) is 0 Å². The van der Waals surface area contributed by atoms with Gasteiger partial charge in [0.2, 0.25) is 0 Å². The summed E-state index contributed by atoms with van der Waals surface area (Å²) in [6, 6.07) is 3.76. The molecule has 15 heavy (non-hydrogen) atoms. The first-order valence-electron chi connectivity index (χ1n) is 5.08. The molecule has 1 aliphatic rings. The molecule has 3 heteroatoms. The third-order valence-corrected chi connectivity index (χ3v) is 2.63. The van der Waals surface area contributed by atoms with Crippen LogP contribution in [0.1, 0.15) is 26.3 Å². The Morgan fingerprint density at radius 3 is 2.47 bits per heavy atom. The molecule has 1 aromatic carbocycles. The Morgan fingerprint density at radius 2 is 1.80 bits per heavy atom. The number of fused-ring (bicyclic) bond motifs is 1. The molecule has 1 aromatic rings. The van der Waals surface area contributed by atoms with Crippen molar-refractivity contribution in [3.05, 3.63) is 22.7 Å². The van der Waals surface area contributed by atoms with Crippen LogP contribution in [0.4, 0.5) is 0 Å². The van der Waals surface area contributed by atoms with Gasteiger partial charge in [0.25, 0.3) is 0 Å². The Hall–Kier alpha value is -0.890. The van der Waals surface area contributed by atoms with Gasteiger partial charge in [-0.05, 0) is 11.5 Å². The molecule has 0 N–H and O–H groups in total. The van der Waals surface area contributed by atoms with Gasteiger partial charge < -0.3 is 9.47 Å². The molecule has 82 valence electrons. The van der Waals surface area contributed by atoms with Crippen LogP contribution in [0.5, 0.6) is 11.5 Å². The van der Waals surface area contributed by atoms with Crippen LogP contribution in [-0.2, 0) is 5.41 Å². The van der Waals surface area contributed by atoms with Crippen LogP contribution in [0.3, 0.4) is 0 Å². The minimum Gasteiger partial charge on any atom is -0.486 e. The van der Waals surface area contributed by atoms with Crippen molar-refractivity contribution in [2.24, 2.45) is 0 Å². The Balaban J connectivity index is 2.58. The maximum atomic E-state index is 6.05. The smallest absolute Gasteiger partial charge is 0.165 e. The highest BCUT2D eigenvalue weighted by Crippen LogP contribution is 2.42. The topological polar surface area (TPSA) is 18.5 Å². The zero-order chi connectivity index (χ0) is 11.1. The molecular formula is C12H15ClO2. The van der Waals surface area contributed by atoms with E-state index in [2.05, 4.69) is 20.8 Å². The number of hydrogen-bond donors (Lipinski definition) is 0. The Kier molecular flexibility index (Phi) is 2.55. The molecule has 0 aliphatic carbocycles. The van der Waals surface area contributed by atoms with Crippen molar-refractivity contribution in [2.75, 3.05) is 13.2 Å². The van der Waals surface area contributed by atoms with Crippen molar-refractivity contribution in [3.8, 4) is 11.5 Å². The van der Waals surface area contributed by atoms with Crippen LogP contribution in [0.25, 0.3) is 0 Å². The lowest BCUT2D eigenvalue weighted by Crippen LogP contribution is -2.20. The third kappa shape index (κ3) is 2.05. The first-order valence-corrected chi connectivity index (χ1v) is 5.46. The van der Waals surface area contributed by atoms with E-state index in [1.165, 1.54) is 0 Å². The average Bonchev–Trinajstić information content (AvgIpc) is 2.15. The Bertz CT molecular complexity index is 380. The van der Waals surface area contributed by atoms with Crippen LogP contribution in [0, 0.1) is 0 Å². The summed E-state index contributed by atoms with van der Waals surface area (Å²) in [4.78, 5) is 0. The second-order valence-electron chi connectivity index (χ2n) is 4.73. The lowest BCUT2D eigenvalue weighted by atomic mass is 9.86. The van der Waals surface area contributed by atoms with Crippen LogP contribution in [-0.4, -0.2) is 13.2 Å². The van der Waals surface area contributed by atoms with E-state index < -0.39 is 0 Å². The predicted molar refractivity (Wildman–Crippen MR) is 61.1 cm³/mol. The van der Waals surface area contributed by atoms with Gasteiger partial charge in [-0.15, -0.1) is 0 Å². The van der Waals surface area contributed by atoms with Crippen LogP contribution >= 0.6 is 11.6 Å². The standard InChI is InChI=1S/C12H15ClO2/c1-12(2,3)9-6-8(13)7-10-11(9)15-5-4-14-10/h6-7H,4-5H2,1-3H3. The lowest BCUT2D eigenvalue weighted by molar-refractivity contribution is 0.168. The fourth-order valence-electron chi connectivity index (χ4n) is 1.68. The SMILES string of the molecule is CC(C)(C)c1cc(Cl)cc2c1OCCO2. The van der Waals surface area contributed by atoms with Gasteiger partial charge >= 0.3 is 0 Å². The van der Waals surface area contributed by atoms with E-state index in [1.807, 2.05) is 12.1 Å². The second-order valence-corrected chi connectivity index (χ2v) is 5.16. The molecule has 0 radical (unpaired) electrons. The Labute approximate surface area is 95.1 Å². The van der Waals surface area contributed by atoms with Gasteiger partial charge in [-0.1, -0.05) is 32.4 Å². The maximum absolute atomic E-state index is 6.05. The van der Waals surface area contributed by atoms with Crippen molar-refractivity contribution >= 4 is 11.6 Å². The predicted octanol–water partition coefficient (Wildman–Crippen LogP) is 3.41. The van der Waals surface area contributed by atoms with E-state index in [0.29, 0.717) is 18.2 Å². The molecule has 0 saturated heterocycles. The molecule has 0 unspecified atom stereocenters. The molecule has 0 bridgehead atoms. The highest BCUT2D eigenvalue weighted by molar-refractivity contribution is 6.30. The fraction of sp³-hybridized carbons (Fsp3) is 0.500. The first kappa shape index (κ1) is 10.6. The largest absolute Gasteiger partial charge is 0.486 e. The molecule has 1 heterocycles. The molecular weight excluding hydrogens is 212 g/mol. The first-order chi connectivity index (χ1) is 6.98. The van der Waals surface area contributed by atoms with Crippen molar-refractivity contribution in [3.63, 3.8) is 0 Å². The van der Waals surface area contributed by atoms with Gasteiger partial charge in [0, 0.05) is 16.7 Å². The van der Waals surface area contributed by atoms with Gasteiger partial charge in [-0.25, -0.2) is 0 Å². The average molecular weight is 227 g/mol. The molecule has 0 fully saturated rings. The molecule has 0 atom stereocenters. The lowest BCUT2D eigenvalue weighted by Gasteiger charge is -2.27. The molecule has 1 aliphatic heterocycles. The number of halogens is 1. The van der Waals surface area contributed by atoms with E-state index in [-0.39, 0.29) is 5.41 Å². The van der Waals surface area contributed by atoms with E-state index in [1.54, 1.807) is 0 Å². The van der Waals surface area contributed by atoms with E-state index >= 15 is 0 Å². The summed E-state index contributed by atoms with van der Waals surface area (Å²) in [5, 5.41) is 0.698. The molecule has 2 nitrogen and oxygen atoms in total. The fourth-order valence-corrected chi connectivity index (χ4v) is 1.89. The zero-order valence-corrected chi connectivity index (χ0v) is 10.0. The second kappa shape index (κ2) is 3.60. The van der Waals surface area contributed by atoms with Crippen molar-refractivity contribution in [1.82, 2.24) is 0 Å². The number of benzene rings is 1. The number of rotatable bonds is 0. The summed E-state index contributed by atoms with van der Waals surface area (Å²) in [6.45, 7) is 7.61. The van der Waals surface area contributed by atoms with Gasteiger partial charge in [0.1, 0.15) is 13.2 Å². The highest BCUT2D eigenvalue weighted by atomic mass is 35.5. The summed E-state index contributed by atoms with van der Waals surface area (Å²) in [5.74, 6) is 1.61. The van der Waals surface area contributed by atoms with Crippen LogP contribution in [0.15, 0.2) is 12.1 Å². The quantitative estimate of drug-likeness (QED) is 0.675. The molecule has 0 amide bonds. The molecule has 0 saturated carbocycles. The number of ether oxygens (including phenoxy) is 2. The molecule has 0 aromatic heterocycles. The molecule has 2 rings (SSSR count). The van der Waals surface area contributed by atoms with Crippen LogP contribution in [0.2, 0.25) is 5.02 Å². The van der Waals surface area contributed by atoms with Crippen molar-refractivity contribution in [1.29, 1.82) is 0 Å². The van der Waals surface area contributed by atoms with E-state index in [9.17, 15) is 0 Å². The summed E-state index contributed by atoms with van der Waals surface area (Å²) < 4.78 is 11.2. The van der Waals surface area contributed by atoms with Crippen LogP contribution < -0.4 is 9.47 Å². The summed E-state index contributed by atoms with van der Waals surface area (Å²) >= 11 is 6.05. The maximum Gasteiger partial charge on any atom is 0.165 e. The van der Waals surface area contributed by atoms with E-state index in [0.717, 1.165) is 17.1 Å². The normalized spacial score (nSPS) is 15.2. The minimum atomic E-state index is 0.00961. The minimum absolute atomic E-state index is 0.00961. The van der Waals surface area contributed by atoms with Crippen molar-refractivity contribution in [2.45, 2.75) is 26.2 Å². The highest BCUT2D eigenvalue weighted by Gasteiger charge is 2.25. The zero-order valence-electron chi connectivity index (χ0n) is 9.26. The van der Waals surface area contributed by atoms with E-state index in [4.69, 9.17) is 21.1 Å². The van der Waals surface area contributed by atoms with Crippen molar-refractivity contribution < 1.29 is 9.47 Å². The third-order valence-electron chi connectivity index (χ3n) is 2.41. The van der Waals surface area contributed by atoms with Gasteiger partial charge in [-0.2, -0.15) is 0 Å². The molecule has 0 spiro atoms. The monoisotopic (exact) mass is 226 g/mol. The number of hydrogen-bond acceptors (Lipinski definition) is 2. The van der Waals surface area contributed by atoms with Gasteiger partial charge in [0.15, 0.2) is 11.5 Å². The summed E-state index contributed by atoms with van der Waals surface area (Å²) in [6.07, 6.45) is 0.